The van der Waals surface area contributed by atoms with E-state index in [1.54, 1.807) is 11.3 Å². The minimum Gasteiger partial charge on any atom is -0.312 e. The second kappa shape index (κ2) is 6.76. The van der Waals surface area contributed by atoms with Crippen molar-refractivity contribution >= 4 is 34.5 Å². The van der Waals surface area contributed by atoms with Gasteiger partial charge in [-0.25, -0.2) is 0 Å². The van der Waals surface area contributed by atoms with Gasteiger partial charge < -0.3 is 5.32 Å². The van der Waals surface area contributed by atoms with Crippen molar-refractivity contribution in [2.24, 2.45) is 0 Å². The molecule has 0 bridgehead atoms. The fourth-order valence-corrected chi connectivity index (χ4v) is 3.69. The molecule has 0 amide bonds. The molecule has 0 aliphatic carbocycles. The highest BCUT2D eigenvalue weighted by molar-refractivity contribution is 7.10. The van der Waals surface area contributed by atoms with Gasteiger partial charge in [-0.3, -0.25) is 0 Å². The smallest absolute Gasteiger partial charge is 0.0456 e. The number of halogens is 2. The minimum atomic E-state index is 0.283. The van der Waals surface area contributed by atoms with E-state index in [1.807, 2.05) is 25.2 Å². The first-order valence-electron chi connectivity index (χ1n) is 6.33. The summed E-state index contributed by atoms with van der Waals surface area (Å²) in [5, 5.41) is 7.04. The van der Waals surface area contributed by atoms with Crippen LogP contribution in [0.15, 0.2) is 29.6 Å². The molecule has 0 saturated carbocycles. The van der Waals surface area contributed by atoms with E-state index in [1.165, 1.54) is 10.4 Å². The zero-order valence-corrected chi connectivity index (χ0v) is 13.4. The molecule has 102 valence electrons. The molecule has 1 unspecified atom stereocenters. The maximum Gasteiger partial charge on any atom is 0.0456 e. The van der Waals surface area contributed by atoms with Crippen LogP contribution in [0.4, 0.5) is 0 Å². The van der Waals surface area contributed by atoms with Crippen LogP contribution in [0.5, 0.6) is 0 Å². The number of aryl methyl sites for hydroxylation is 1. The number of likely N-dealkylation sites (N-methyl/N-ethyl adjacent to an activating group) is 1. The molecule has 1 aromatic carbocycles. The van der Waals surface area contributed by atoms with Crippen LogP contribution in [-0.2, 0) is 12.8 Å². The van der Waals surface area contributed by atoms with Gasteiger partial charge in [0.05, 0.1) is 0 Å². The number of benzene rings is 1. The summed E-state index contributed by atoms with van der Waals surface area (Å²) in [5.41, 5.74) is 2.49. The highest BCUT2D eigenvalue weighted by Gasteiger charge is 2.16. The average molecular weight is 314 g/mol. The SMILES string of the molecule is CCc1ccsc1C(Cc1cc(Cl)ccc1Cl)NC. The fraction of sp³-hybridized carbons (Fsp3) is 0.333. The van der Waals surface area contributed by atoms with E-state index in [2.05, 4.69) is 23.7 Å². The zero-order chi connectivity index (χ0) is 13.8. The lowest BCUT2D eigenvalue weighted by molar-refractivity contribution is 0.598. The molecule has 4 heteroatoms. The van der Waals surface area contributed by atoms with Gasteiger partial charge in [0.2, 0.25) is 0 Å². The first kappa shape index (κ1) is 14.9. The normalized spacial score (nSPS) is 12.6. The van der Waals surface area contributed by atoms with Crippen molar-refractivity contribution in [3.8, 4) is 0 Å². The molecular formula is C15H17Cl2NS. The number of nitrogens with one attached hydrogen (secondary N) is 1. The molecule has 2 aromatic rings. The quantitative estimate of drug-likeness (QED) is 0.807. The van der Waals surface area contributed by atoms with Crippen LogP contribution in [0.25, 0.3) is 0 Å². The first-order chi connectivity index (χ1) is 9.15. The summed E-state index contributed by atoms with van der Waals surface area (Å²) in [7, 11) is 1.99. The van der Waals surface area contributed by atoms with Gasteiger partial charge in [-0.2, -0.15) is 0 Å². The van der Waals surface area contributed by atoms with E-state index >= 15 is 0 Å². The van der Waals surface area contributed by atoms with Crippen LogP contribution < -0.4 is 5.32 Å². The molecule has 19 heavy (non-hydrogen) atoms. The maximum absolute atomic E-state index is 6.25. The Kier molecular flexibility index (Phi) is 5.28. The van der Waals surface area contributed by atoms with Crippen molar-refractivity contribution < 1.29 is 0 Å². The standard InChI is InChI=1S/C15H17Cl2NS/c1-3-10-6-7-19-15(10)14(18-2)9-11-8-12(16)4-5-13(11)17/h4-8,14,18H,3,9H2,1-2H3. The number of thiophene rings is 1. The Balaban J connectivity index is 2.26. The fourth-order valence-electron chi connectivity index (χ4n) is 2.19. The average Bonchev–Trinajstić information content (AvgIpc) is 2.88. The van der Waals surface area contributed by atoms with Crippen LogP contribution in [-0.4, -0.2) is 7.05 Å². The van der Waals surface area contributed by atoms with E-state index < -0.39 is 0 Å². The highest BCUT2D eigenvalue weighted by Crippen LogP contribution is 2.30. The van der Waals surface area contributed by atoms with Gasteiger partial charge in [0.15, 0.2) is 0 Å². The molecule has 0 radical (unpaired) electrons. The summed E-state index contributed by atoms with van der Waals surface area (Å²) >= 11 is 14.1. The molecule has 0 aliphatic heterocycles. The van der Waals surface area contributed by atoms with Gasteiger partial charge >= 0.3 is 0 Å². The van der Waals surface area contributed by atoms with Crippen LogP contribution in [0.1, 0.15) is 29.0 Å². The van der Waals surface area contributed by atoms with Crippen LogP contribution in [0.3, 0.4) is 0 Å². The highest BCUT2D eigenvalue weighted by atomic mass is 35.5. The topological polar surface area (TPSA) is 12.0 Å². The summed E-state index contributed by atoms with van der Waals surface area (Å²) in [6.45, 7) is 2.19. The van der Waals surface area contributed by atoms with Crippen molar-refractivity contribution in [2.45, 2.75) is 25.8 Å². The lowest BCUT2D eigenvalue weighted by Gasteiger charge is -2.17. The van der Waals surface area contributed by atoms with E-state index in [0.717, 1.165) is 28.5 Å². The Bertz CT molecular complexity index is 551. The molecule has 1 N–H and O–H groups in total. The Morgan fingerprint density at radius 3 is 2.68 bits per heavy atom. The van der Waals surface area contributed by atoms with Crippen molar-refractivity contribution in [2.75, 3.05) is 7.05 Å². The number of hydrogen-bond acceptors (Lipinski definition) is 2. The second-order valence-corrected chi connectivity index (χ2v) is 6.24. The molecule has 2 rings (SSSR count). The van der Waals surface area contributed by atoms with Gasteiger partial charge in [-0.15, -0.1) is 11.3 Å². The van der Waals surface area contributed by atoms with Gasteiger partial charge in [0.1, 0.15) is 0 Å². The van der Waals surface area contributed by atoms with Gasteiger partial charge in [-0.1, -0.05) is 30.1 Å². The Morgan fingerprint density at radius 2 is 2.00 bits per heavy atom. The molecule has 1 nitrogen and oxygen atoms in total. The van der Waals surface area contributed by atoms with E-state index in [4.69, 9.17) is 23.2 Å². The predicted octanol–water partition coefficient (Wildman–Crippen LogP) is 5.12. The third-order valence-corrected chi connectivity index (χ3v) is 4.94. The summed E-state index contributed by atoms with van der Waals surface area (Å²) in [4.78, 5) is 1.39. The zero-order valence-electron chi connectivity index (χ0n) is 11.0. The molecule has 0 saturated heterocycles. The molecule has 0 aliphatic rings. The third-order valence-electron chi connectivity index (χ3n) is 3.26. The summed E-state index contributed by atoms with van der Waals surface area (Å²) in [6.07, 6.45) is 1.91. The minimum absolute atomic E-state index is 0.283. The lowest BCUT2D eigenvalue weighted by atomic mass is 10.0. The summed E-state index contributed by atoms with van der Waals surface area (Å²) < 4.78 is 0. The maximum atomic E-state index is 6.25. The molecular weight excluding hydrogens is 297 g/mol. The van der Waals surface area contributed by atoms with E-state index in [9.17, 15) is 0 Å². The third kappa shape index (κ3) is 3.51. The van der Waals surface area contributed by atoms with Gasteiger partial charge in [0, 0.05) is 21.0 Å². The monoisotopic (exact) mass is 313 g/mol. The molecule has 0 spiro atoms. The molecule has 1 atom stereocenters. The van der Waals surface area contributed by atoms with Crippen LogP contribution in [0, 0.1) is 0 Å². The van der Waals surface area contributed by atoms with Crippen molar-refractivity contribution in [3.63, 3.8) is 0 Å². The Hall–Kier alpha value is -0.540. The summed E-state index contributed by atoms with van der Waals surface area (Å²) in [6, 6.07) is 8.12. The largest absolute Gasteiger partial charge is 0.312 e. The molecule has 1 heterocycles. The second-order valence-electron chi connectivity index (χ2n) is 4.44. The van der Waals surface area contributed by atoms with E-state index in [-0.39, 0.29) is 6.04 Å². The van der Waals surface area contributed by atoms with Gasteiger partial charge in [-0.05, 0) is 60.7 Å². The Labute approximate surface area is 128 Å². The lowest BCUT2D eigenvalue weighted by Crippen LogP contribution is -2.19. The van der Waals surface area contributed by atoms with Gasteiger partial charge in [0.25, 0.3) is 0 Å². The van der Waals surface area contributed by atoms with Crippen molar-refractivity contribution in [1.82, 2.24) is 5.32 Å². The summed E-state index contributed by atoms with van der Waals surface area (Å²) in [5.74, 6) is 0. The molecule has 1 aromatic heterocycles. The van der Waals surface area contributed by atoms with Crippen molar-refractivity contribution in [1.29, 1.82) is 0 Å². The predicted molar refractivity (Wildman–Crippen MR) is 85.7 cm³/mol. The van der Waals surface area contributed by atoms with Crippen LogP contribution >= 0.6 is 34.5 Å². The number of rotatable bonds is 5. The van der Waals surface area contributed by atoms with Crippen molar-refractivity contribution in [3.05, 3.63) is 55.7 Å². The first-order valence-corrected chi connectivity index (χ1v) is 7.96. The molecule has 0 fully saturated rings. The number of hydrogen-bond donors (Lipinski definition) is 1. The Morgan fingerprint density at radius 1 is 1.21 bits per heavy atom. The van der Waals surface area contributed by atoms with E-state index in [0.29, 0.717) is 0 Å². The van der Waals surface area contributed by atoms with Crippen LogP contribution in [0.2, 0.25) is 10.0 Å².